The van der Waals surface area contributed by atoms with E-state index in [1.54, 1.807) is 55.5 Å². The molecule has 0 radical (unpaired) electrons. The number of carbonyl (C=O) groups is 3. The first-order valence-electron chi connectivity index (χ1n) is 13.1. The molecule has 1 atom stereocenters. The number of hydrogen-bond donors (Lipinski definition) is 1. The first-order chi connectivity index (χ1) is 19.1. The molecule has 4 rings (SSSR count). The highest BCUT2D eigenvalue weighted by Crippen LogP contribution is 2.44. The third-order valence-electron chi connectivity index (χ3n) is 6.23. The van der Waals surface area contributed by atoms with Crippen LogP contribution in [0.3, 0.4) is 0 Å². The number of ether oxygens (including phenoxy) is 2. The van der Waals surface area contributed by atoms with Crippen LogP contribution in [0.4, 0.5) is 5.13 Å². The van der Waals surface area contributed by atoms with Crippen molar-refractivity contribution in [2.75, 3.05) is 18.1 Å². The second kappa shape index (κ2) is 12.7. The second-order valence-corrected chi connectivity index (χ2v) is 11.3. The predicted octanol–water partition coefficient (Wildman–Crippen LogP) is 6.72. The standard InChI is InChI=1S/C30H31ClN2O6S/c1-5-6-14-38-22-12-10-19(11-13-22)25(34)23-24(20-8-7-9-21(31)15-20)33(28(36)26(23)35)30-32-18(4)27(40-30)29(37)39-16-17(2)3/h7-13,15,17,24,34H,5-6,14,16H2,1-4H3/b25-23-. The van der Waals surface area contributed by atoms with Crippen LogP contribution in [0.5, 0.6) is 5.75 Å². The van der Waals surface area contributed by atoms with Crippen molar-refractivity contribution in [1.82, 2.24) is 4.98 Å². The molecule has 2 aromatic carbocycles. The number of benzene rings is 2. The molecule has 0 spiro atoms. The number of carbonyl (C=O) groups excluding carboxylic acids is 3. The Kier molecular flexibility index (Phi) is 9.27. The SMILES string of the molecule is CCCCOc1ccc(/C(O)=C2/C(=O)C(=O)N(c3nc(C)c(C(=O)OCC(C)C)s3)C2c2cccc(Cl)c2)cc1. The third kappa shape index (κ3) is 6.21. The number of ketones is 1. The van der Waals surface area contributed by atoms with E-state index in [0.717, 1.165) is 24.2 Å². The summed E-state index contributed by atoms with van der Waals surface area (Å²) < 4.78 is 11.1. The minimum absolute atomic E-state index is 0.108. The number of amides is 1. The molecule has 1 N–H and O–H groups in total. The fourth-order valence-electron chi connectivity index (χ4n) is 4.20. The van der Waals surface area contributed by atoms with E-state index in [0.29, 0.717) is 34.2 Å². The lowest BCUT2D eigenvalue weighted by Gasteiger charge is -2.23. The van der Waals surface area contributed by atoms with Crippen LogP contribution in [-0.2, 0) is 14.3 Å². The van der Waals surface area contributed by atoms with Gasteiger partial charge in [0.2, 0.25) is 0 Å². The van der Waals surface area contributed by atoms with E-state index in [9.17, 15) is 19.5 Å². The zero-order chi connectivity index (χ0) is 29.0. The summed E-state index contributed by atoms with van der Waals surface area (Å²) in [5.74, 6) is -1.85. The van der Waals surface area contributed by atoms with Crippen molar-refractivity contribution in [2.24, 2.45) is 5.92 Å². The number of anilines is 1. The van der Waals surface area contributed by atoms with E-state index in [-0.39, 0.29) is 33.9 Å². The van der Waals surface area contributed by atoms with Crippen molar-refractivity contribution in [3.05, 3.63) is 80.8 Å². The molecule has 0 saturated carbocycles. The van der Waals surface area contributed by atoms with Gasteiger partial charge in [-0.15, -0.1) is 0 Å². The van der Waals surface area contributed by atoms with Crippen LogP contribution in [-0.4, -0.2) is 41.0 Å². The zero-order valence-electron chi connectivity index (χ0n) is 22.8. The predicted molar refractivity (Wildman–Crippen MR) is 155 cm³/mol. The molecular formula is C30H31ClN2O6S. The van der Waals surface area contributed by atoms with Crippen LogP contribution in [0.2, 0.25) is 5.02 Å². The van der Waals surface area contributed by atoms with Crippen LogP contribution in [0, 0.1) is 12.8 Å². The maximum absolute atomic E-state index is 13.5. The van der Waals surface area contributed by atoms with Crippen LogP contribution < -0.4 is 9.64 Å². The molecule has 3 aromatic rings. The highest BCUT2D eigenvalue weighted by molar-refractivity contribution is 7.17. The first kappa shape index (κ1) is 29.3. The maximum atomic E-state index is 13.5. The van der Waals surface area contributed by atoms with E-state index in [4.69, 9.17) is 21.1 Å². The van der Waals surface area contributed by atoms with Gasteiger partial charge in [-0.1, -0.05) is 62.3 Å². The molecular weight excluding hydrogens is 552 g/mol. The van der Waals surface area contributed by atoms with Gasteiger partial charge in [0.1, 0.15) is 16.4 Å². The number of thiazole rings is 1. The maximum Gasteiger partial charge on any atom is 0.350 e. The van der Waals surface area contributed by atoms with E-state index < -0.39 is 23.7 Å². The van der Waals surface area contributed by atoms with Crippen LogP contribution in [0.25, 0.3) is 5.76 Å². The lowest BCUT2D eigenvalue weighted by atomic mass is 9.95. The number of nitrogens with zero attached hydrogens (tertiary/aromatic N) is 2. The van der Waals surface area contributed by atoms with Gasteiger partial charge in [0.15, 0.2) is 5.13 Å². The number of aliphatic hydroxyl groups excluding tert-OH is 1. The van der Waals surface area contributed by atoms with Gasteiger partial charge in [0.05, 0.1) is 30.5 Å². The third-order valence-corrected chi connectivity index (χ3v) is 7.60. The Morgan fingerprint density at radius 2 is 1.90 bits per heavy atom. The lowest BCUT2D eigenvalue weighted by molar-refractivity contribution is -0.132. The number of rotatable bonds is 10. The molecule has 1 aromatic heterocycles. The Hall–Kier alpha value is -3.69. The van der Waals surface area contributed by atoms with Gasteiger partial charge in [-0.05, 0) is 61.2 Å². The van der Waals surface area contributed by atoms with Crippen molar-refractivity contribution in [2.45, 2.75) is 46.6 Å². The number of unbranched alkanes of at least 4 members (excludes halogenated alkanes) is 1. The molecule has 40 heavy (non-hydrogen) atoms. The van der Waals surface area contributed by atoms with Gasteiger partial charge in [0.25, 0.3) is 5.78 Å². The fourth-order valence-corrected chi connectivity index (χ4v) is 5.39. The first-order valence-corrected chi connectivity index (χ1v) is 14.3. The number of aliphatic hydroxyl groups is 1. The Balaban J connectivity index is 1.78. The molecule has 10 heteroatoms. The summed E-state index contributed by atoms with van der Waals surface area (Å²) in [5, 5.41) is 11.9. The van der Waals surface area contributed by atoms with E-state index in [1.165, 1.54) is 4.90 Å². The van der Waals surface area contributed by atoms with Gasteiger partial charge in [0, 0.05) is 10.6 Å². The summed E-state index contributed by atoms with van der Waals surface area (Å²) in [6, 6.07) is 12.4. The Morgan fingerprint density at radius 3 is 2.55 bits per heavy atom. The van der Waals surface area contributed by atoms with E-state index >= 15 is 0 Å². The number of halogens is 1. The number of hydrogen-bond acceptors (Lipinski definition) is 8. The Morgan fingerprint density at radius 1 is 1.18 bits per heavy atom. The number of esters is 1. The van der Waals surface area contributed by atoms with Crippen LogP contribution >= 0.6 is 22.9 Å². The lowest BCUT2D eigenvalue weighted by Crippen LogP contribution is -2.29. The smallest absolute Gasteiger partial charge is 0.350 e. The number of Topliss-reactive ketones (excluding diaryl/α,β-unsaturated/α-hetero) is 1. The minimum atomic E-state index is -1.02. The fraction of sp³-hybridized carbons (Fsp3) is 0.333. The van der Waals surface area contributed by atoms with E-state index in [1.807, 2.05) is 13.8 Å². The Labute approximate surface area is 242 Å². The van der Waals surface area contributed by atoms with Crippen molar-refractivity contribution in [3.63, 3.8) is 0 Å². The number of aromatic nitrogens is 1. The highest BCUT2D eigenvalue weighted by Gasteiger charge is 2.48. The van der Waals surface area contributed by atoms with Crippen molar-refractivity contribution < 1.29 is 29.0 Å². The van der Waals surface area contributed by atoms with Gasteiger partial charge in [-0.3, -0.25) is 14.5 Å². The molecule has 1 aliphatic rings. The normalized spacial score (nSPS) is 16.6. The molecule has 1 aliphatic heterocycles. The number of aryl methyl sites for hydroxylation is 1. The molecule has 1 fully saturated rings. The topological polar surface area (TPSA) is 106 Å². The molecule has 1 unspecified atom stereocenters. The second-order valence-electron chi connectivity index (χ2n) is 9.85. The van der Waals surface area contributed by atoms with Gasteiger partial charge < -0.3 is 14.6 Å². The molecule has 8 nitrogen and oxygen atoms in total. The summed E-state index contributed by atoms with van der Waals surface area (Å²) in [6.45, 7) is 8.37. The Bertz CT molecular complexity index is 1450. The average Bonchev–Trinajstić information content (AvgIpc) is 3.44. The van der Waals surface area contributed by atoms with E-state index in [2.05, 4.69) is 11.9 Å². The summed E-state index contributed by atoms with van der Waals surface area (Å²) in [7, 11) is 0. The van der Waals surface area contributed by atoms with Crippen molar-refractivity contribution in [3.8, 4) is 5.75 Å². The largest absolute Gasteiger partial charge is 0.507 e. The van der Waals surface area contributed by atoms with Gasteiger partial charge in [-0.2, -0.15) is 0 Å². The summed E-state index contributed by atoms with van der Waals surface area (Å²) in [5.41, 5.74) is 1.12. The average molecular weight is 583 g/mol. The highest BCUT2D eigenvalue weighted by atomic mass is 35.5. The summed E-state index contributed by atoms with van der Waals surface area (Å²) in [4.78, 5) is 45.5. The zero-order valence-corrected chi connectivity index (χ0v) is 24.3. The summed E-state index contributed by atoms with van der Waals surface area (Å²) >= 11 is 7.24. The van der Waals surface area contributed by atoms with Crippen LogP contribution in [0.1, 0.15) is 66.1 Å². The molecule has 1 saturated heterocycles. The van der Waals surface area contributed by atoms with Crippen LogP contribution in [0.15, 0.2) is 54.1 Å². The molecule has 1 amide bonds. The molecule has 210 valence electrons. The minimum Gasteiger partial charge on any atom is -0.507 e. The van der Waals surface area contributed by atoms with Gasteiger partial charge in [-0.25, -0.2) is 9.78 Å². The molecule has 0 bridgehead atoms. The summed E-state index contributed by atoms with van der Waals surface area (Å²) in [6.07, 6.45) is 1.92. The monoisotopic (exact) mass is 582 g/mol. The van der Waals surface area contributed by atoms with Gasteiger partial charge >= 0.3 is 11.9 Å². The molecule has 2 heterocycles. The molecule has 0 aliphatic carbocycles. The quantitative estimate of drug-likeness (QED) is 0.0929. The van der Waals surface area contributed by atoms with Crippen molar-refractivity contribution in [1.29, 1.82) is 0 Å². The van der Waals surface area contributed by atoms with Crippen molar-refractivity contribution >= 4 is 51.5 Å².